The molecule has 3 atom stereocenters. The van der Waals surface area contributed by atoms with E-state index in [2.05, 4.69) is 5.32 Å². The van der Waals surface area contributed by atoms with Crippen molar-refractivity contribution < 1.29 is 28.7 Å². The van der Waals surface area contributed by atoms with E-state index < -0.39 is 35.5 Å². The summed E-state index contributed by atoms with van der Waals surface area (Å²) in [6.45, 7) is 8.00. The van der Waals surface area contributed by atoms with Crippen LogP contribution >= 0.6 is 0 Å². The fraction of sp³-hybridized carbons (Fsp3) is 0.486. The molecule has 1 fully saturated rings. The number of likely N-dealkylation sites (tertiary alicyclic amines) is 1. The number of amides is 2. The monoisotopic (exact) mass is 618 g/mol. The first-order valence-electron chi connectivity index (χ1n) is 15.7. The van der Waals surface area contributed by atoms with Crippen molar-refractivity contribution in [2.75, 3.05) is 13.1 Å². The fourth-order valence-electron chi connectivity index (χ4n) is 5.28. The summed E-state index contributed by atoms with van der Waals surface area (Å²) in [5, 5.41) is 10.3. The van der Waals surface area contributed by atoms with Gasteiger partial charge >= 0.3 is 5.97 Å². The summed E-state index contributed by atoms with van der Waals surface area (Å²) in [5.74, 6) is -3.66. The van der Waals surface area contributed by atoms with Crippen LogP contribution in [0.1, 0.15) is 70.1 Å². The number of aryl methyl sites for hydroxylation is 1. The number of nitrogens with two attached hydrogens (primary N) is 1. The van der Waals surface area contributed by atoms with Crippen molar-refractivity contribution in [2.24, 2.45) is 29.4 Å². The lowest BCUT2D eigenvalue weighted by Gasteiger charge is -2.39. The normalized spacial score (nSPS) is 15.0. The first-order valence-corrected chi connectivity index (χ1v) is 15.7. The summed E-state index contributed by atoms with van der Waals surface area (Å²) in [5.41, 5.74) is 7.89. The minimum atomic E-state index is -1.04. The summed E-state index contributed by atoms with van der Waals surface area (Å²) in [7, 11) is 0. The average molecular weight is 619 g/mol. The van der Waals surface area contributed by atoms with Gasteiger partial charge in [0.05, 0.1) is 18.4 Å². The highest BCUT2D eigenvalue weighted by atomic mass is 16.5. The molecule has 0 aromatic heterocycles. The standard InChI is InChI=1S/C35H46N4O6/c1-5-23(4)31(38-34(43)27(17-22(2)3)18-30(41)45-21-25-9-7-6-8-10-25)32(42)35(44)39-19-28(20-39)29(40)16-13-24-11-14-26(15-12-24)33(36)37/h6-12,14-15,22-23,27-28,31H,5,13,16-21H2,1-4H3,(H3,36,37)(H,38,43)/t23-,27+,31?/m0/s1. The lowest BCUT2D eigenvalue weighted by atomic mass is 9.88. The third-order valence-corrected chi connectivity index (χ3v) is 8.34. The van der Waals surface area contributed by atoms with Crippen LogP contribution in [0, 0.1) is 29.1 Å². The number of carbonyl (C=O) groups is 5. The maximum Gasteiger partial charge on any atom is 0.306 e. The van der Waals surface area contributed by atoms with Crippen LogP contribution in [-0.4, -0.2) is 59.2 Å². The van der Waals surface area contributed by atoms with Gasteiger partial charge in [-0.15, -0.1) is 0 Å². The number of hydrogen-bond acceptors (Lipinski definition) is 7. The van der Waals surface area contributed by atoms with Gasteiger partial charge in [-0.3, -0.25) is 29.4 Å². The molecule has 2 aromatic rings. The van der Waals surface area contributed by atoms with Gasteiger partial charge in [-0.2, -0.15) is 0 Å². The summed E-state index contributed by atoms with van der Waals surface area (Å²) in [6.07, 6.45) is 1.66. The Morgan fingerprint density at radius 2 is 1.62 bits per heavy atom. The maximum atomic E-state index is 13.4. The quantitative estimate of drug-likeness (QED) is 0.105. The zero-order valence-corrected chi connectivity index (χ0v) is 26.7. The molecule has 0 spiro atoms. The molecule has 10 heteroatoms. The molecule has 242 valence electrons. The second kappa shape index (κ2) is 16.7. The molecule has 1 unspecified atom stereocenters. The number of esters is 1. The highest BCUT2D eigenvalue weighted by molar-refractivity contribution is 6.38. The third-order valence-electron chi connectivity index (χ3n) is 8.34. The molecule has 0 saturated carbocycles. The van der Waals surface area contributed by atoms with E-state index in [0.717, 1.165) is 11.1 Å². The second-order valence-electron chi connectivity index (χ2n) is 12.4. The molecule has 0 aliphatic carbocycles. The third kappa shape index (κ3) is 10.4. The van der Waals surface area contributed by atoms with Crippen molar-refractivity contribution >= 4 is 35.2 Å². The minimum absolute atomic E-state index is 0.0175. The van der Waals surface area contributed by atoms with E-state index in [1.165, 1.54) is 4.90 Å². The lowest BCUT2D eigenvalue weighted by Crippen LogP contribution is -2.59. The topological polar surface area (TPSA) is 160 Å². The van der Waals surface area contributed by atoms with Crippen LogP contribution < -0.4 is 11.1 Å². The van der Waals surface area contributed by atoms with Gasteiger partial charge in [-0.05, 0) is 35.8 Å². The van der Waals surface area contributed by atoms with Crippen LogP contribution in [0.2, 0.25) is 0 Å². The summed E-state index contributed by atoms with van der Waals surface area (Å²) in [6, 6.07) is 15.4. The second-order valence-corrected chi connectivity index (χ2v) is 12.4. The van der Waals surface area contributed by atoms with E-state index in [1.54, 1.807) is 19.1 Å². The summed E-state index contributed by atoms with van der Waals surface area (Å²) in [4.78, 5) is 66.7. The molecule has 1 saturated heterocycles. The van der Waals surface area contributed by atoms with E-state index in [-0.39, 0.29) is 55.5 Å². The smallest absolute Gasteiger partial charge is 0.306 e. The van der Waals surface area contributed by atoms with Crippen molar-refractivity contribution in [2.45, 2.75) is 72.4 Å². The highest BCUT2D eigenvalue weighted by Gasteiger charge is 2.41. The molecule has 0 radical (unpaired) electrons. The number of amidine groups is 1. The van der Waals surface area contributed by atoms with Crippen LogP contribution in [0.25, 0.3) is 0 Å². The van der Waals surface area contributed by atoms with Crippen LogP contribution in [0.5, 0.6) is 0 Å². The van der Waals surface area contributed by atoms with Crippen LogP contribution in [0.15, 0.2) is 54.6 Å². The molecule has 3 rings (SSSR count). The maximum absolute atomic E-state index is 13.4. The van der Waals surface area contributed by atoms with Gasteiger partial charge in [0.15, 0.2) is 0 Å². The number of rotatable bonds is 17. The van der Waals surface area contributed by atoms with Gasteiger partial charge in [0.2, 0.25) is 11.7 Å². The van der Waals surface area contributed by atoms with E-state index >= 15 is 0 Å². The molecule has 0 bridgehead atoms. The SMILES string of the molecule is CC[C@H](C)C(NC(=O)[C@@H](CC(=O)OCc1ccccc1)CC(C)C)C(=O)C(=O)N1CC(C(=O)CCc2ccc(C(=N)N)cc2)C1. The first kappa shape index (κ1) is 35.1. The van der Waals surface area contributed by atoms with Gasteiger partial charge in [-0.1, -0.05) is 88.7 Å². The number of nitrogen functional groups attached to an aromatic ring is 1. The predicted octanol–water partition coefficient (Wildman–Crippen LogP) is 3.83. The van der Waals surface area contributed by atoms with E-state index in [9.17, 15) is 24.0 Å². The van der Waals surface area contributed by atoms with E-state index in [0.29, 0.717) is 31.2 Å². The summed E-state index contributed by atoms with van der Waals surface area (Å²) >= 11 is 0. The summed E-state index contributed by atoms with van der Waals surface area (Å²) < 4.78 is 5.40. The van der Waals surface area contributed by atoms with Gasteiger partial charge in [0.25, 0.3) is 5.91 Å². The molecule has 2 amide bonds. The number of carbonyl (C=O) groups excluding carboxylic acids is 5. The minimum Gasteiger partial charge on any atom is -0.461 e. The fourth-order valence-corrected chi connectivity index (χ4v) is 5.28. The van der Waals surface area contributed by atoms with E-state index in [4.69, 9.17) is 15.9 Å². The molecule has 1 aliphatic rings. The molecular formula is C35H46N4O6. The molecule has 4 N–H and O–H groups in total. The molecule has 45 heavy (non-hydrogen) atoms. The van der Waals surface area contributed by atoms with Crippen molar-refractivity contribution in [3.8, 4) is 0 Å². The van der Waals surface area contributed by atoms with Crippen LogP contribution in [-0.2, 0) is 41.7 Å². The van der Waals surface area contributed by atoms with Gasteiger partial charge in [0, 0.05) is 31.0 Å². The van der Waals surface area contributed by atoms with Crippen molar-refractivity contribution in [3.05, 3.63) is 71.3 Å². The van der Waals surface area contributed by atoms with Gasteiger partial charge in [0.1, 0.15) is 18.2 Å². The number of hydrogen-bond donors (Lipinski definition) is 3. The van der Waals surface area contributed by atoms with Gasteiger partial charge in [-0.25, -0.2) is 0 Å². The number of Topliss-reactive ketones (excluding diaryl/α,β-unsaturated/α-hetero) is 2. The Morgan fingerprint density at radius 3 is 2.20 bits per heavy atom. The lowest BCUT2D eigenvalue weighted by molar-refractivity contribution is -0.153. The molecule has 10 nitrogen and oxygen atoms in total. The Kier molecular flexibility index (Phi) is 13.0. The number of nitrogens with one attached hydrogen (secondary N) is 2. The Hall–Kier alpha value is -4.34. The van der Waals surface area contributed by atoms with Crippen molar-refractivity contribution in [3.63, 3.8) is 0 Å². The number of ether oxygens (including phenoxy) is 1. The largest absolute Gasteiger partial charge is 0.461 e. The average Bonchev–Trinajstić information content (AvgIpc) is 3.00. The zero-order valence-electron chi connectivity index (χ0n) is 26.7. The number of benzene rings is 2. The predicted molar refractivity (Wildman–Crippen MR) is 171 cm³/mol. The van der Waals surface area contributed by atoms with Crippen molar-refractivity contribution in [1.29, 1.82) is 5.41 Å². The van der Waals surface area contributed by atoms with Crippen molar-refractivity contribution in [1.82, 2.24) is 10.2 Å². The Morgan fingerprint density at radius 1 is 0.978 bits per heavy atom. The highest BCUT2D eigenvalue weighted by Crippen LogP contribution is 2.23. The first-order chi connectivity index (χ1) is 21.4. The van der Waals surface area contributed by atoms with Crippen LogP contribution in [0.3, 0.4) is 0 Å². The molecule has 2 aromatic carbocycles. The van der Waals surface area contributed by atoms with Crippen LogP contribution in [0.4, 0.5) is 0 Å². The zero-order chi connectivity index (χ0) is 33.1. The molecule has 1 aliphatic heterocycles. The number of nitrogens with zero attached hydrogens (tertiary/aromatic N) is 1. The van der Waals surface area contributed by atoms with E-state index in [1.807, 2.05) is 63.2 Å². The molecular weight excluding hydrogens is 572 g/mol. The van der Waals surface area contributed by atoms with Gasteiger partial charge < -0.3 is 20.7 Å². The number of ketones is 2. The Bertz CT molecular complexity index is 1350. The Labute approximate surface area is 265 Å². The Balaban J connectivity index is 1.55. The molecule has 1 heterocycles.